The Kier molecular flexibility index (Phi) is 13.1. The first kappa shape index (κ1) is 27.9. The van der Waals surface area contributed by atoms with Crippen molar-refractivity contribution >= 4 is 36.0 Å². The maximum Gasteiger partial charge on any atom is 0.407 e. The number of nitrogens with zero attached hydrogens (tertiary/aromatic N) is 1. The third-order valence-electron chi connectivity index (χ3n) is 3.32. The molecule has 0 bridgehead atoms. The van der Waals surface area contributed by atoms with Crippen LogP contribution in [0.5, 0.6) is 11.5 Å². The summed E-state index contributed by atoms with van der Waals surface area (Å²) in [6.07, 6.45) is -0.508. The number of hydrogen-bond acceptors (Lipinski definition) is 5. The topological polar surface area (TPSA) is 93.2 Å². The number of carbonyl (C=O) groups excluding carboxylic acids is 1. The smallest absolute Gasteiger partial charge is 0.407 e. The lowest BCUT2D eigenvalue weighted by molar-refractivity contribution is -0.0504. The second-order valence-corrected chi connectivity index (χ2v) is 6.90. The van der Waals surface area contributed by atoms with E-state index in [9.17, 15) is 13.6 Å². The molecule has 1 rings (SSSR count). The fourth-order valence-electron chi connectivity index (χ4n) is 2.18. The summed E-state index contributed by atoms with van der Waals surface area (Å²) in [5.74, 6) is 1.01. The summed E-state index contributed by atoms with van der Waals surface area (Å²) in [5.41, 5.74) is -0.114. The van der Waals surface area contributed by atoms with Gasteiger partial charge in [-0.25, -0.2) is 9.79 Å². The van der Waals surface area contributed by atoms with Crippen molar-refractivity contribution < 1.29 is 27.8 Å². The number of carbonyl (C=O) groups is 1. The number of benzene rings is 1. The maximum absolute atomic E-state index is 12.6. The van der Waals surface area contributed by atoms with Gasteiger partial charge in [0.1, 0.15) is 17.1 Å². The Balaban J connectivity index is 0.00000841. The lowest BCUT2D eigenvalue weighted by Crippen LogP contribution is -2.42. The molecule has 0 fully saturated rings. The minimum atomic E-state index is -2.93. The first-order valence-electron chi connectivity index (χ1n) is 9.25. The van der Waals surface area contributed by atoms with Crippen LogP contribution in [0, 0.1) is 0 Å². The minimum absolute atomic E-state index is 0. The molecular formula is C19H31F2IN4O4. The van der Waals surface area contributed by atoms with Crippen LogP contribution in [0.2, 0.25) is 0 Å². The molecule has 3 N–H and O–H groups in total. The summed E-state index contributed by atoms with van der Waals surface area (Å²) in [5, 5.41) is 8.72. The summed E-state index contributed by atoms with van der Waals surface area (Å²) >= 11 is 0. The predicted octanol–water partition coefficient (Wildman–Crippen LogP) is 3.49. The molecule has 0 radical (unpaired) electrons. The molecule has 172 valence electrons. The van der Waals surface area contributed by atoms with Crippen molar-refractivity contribution in [1.29, 1.82) is 0 Å². The molecule has 1 aromatic carbocycles. The molecule has 1 aromatic rings. The summed E-state index contributed by atoms with van der Waals surface area (Å²) in [7, 11) is 1.49. The Labute approximate surface area is 193 Å². The Morgan fingerprint density at radius 1 is 1.17 bits per heavy atom. The van der Waals surface area contributed by atoms with Crippen molar-refractivity contribution in [3.63, 3.8) is 0 Å². The normalized spacial score (nSPS) is 11.4. The molecule has 11 heteroatoms. The second kappa shape index (κ2) is 14.0. The Morgan fingerprint density at radius 3 is 2.40 bits per heavy atom. The largest absolute Gasteiger partial charge is 0.497 e. The first-order chi connectivity index (χ1) is 13.6. The van der Waals surface area contributed by atoms with Gasteiger partial charge in [-0.05, 0) is 45.9 Å². The summed E-state index contributed by atoms with van der Waals surface area (Å²) in [6, 6.07) is 4.55. The fraction of sp³-hybridized carbons (Fsp3) is 0.579. The highest BCUT2D eigenvalue weighted by Gasteiger charge is 2.15. The van der Waals surface area contributed by atoms with E-state index in [1.54, 1.807) is 26.8 Å². The van der Waals surface area contributed by atoms with Gasteiger partial charge >= 0.3 is 12.7 Å². The number of nitrogens with one attached hydrogen (secondary N) is 3. The number of alkyl halides is 2. The van der Waals surface area contributed by atoms with Crippen molar-refractivity contribution in [2.24, 2.45) is 4.99 Å². The number of alkyl carbamates (subject to hydrolysis) is 1. The van der Waals surface area contributed by atoms with Gasteiger partial charge in [-0.15, -0.1) is 24.0 Å². The summed E-state index contributed by atoms with van der Waals surface area (Å²) in [6.45, 7) is 5.71. The van der Waals surface area contributed by atoms with Crippen molar-refractivity contribution in [3.05, 3.63) is 23.8 Å². The minimum Gasteiger partial charge on any atom is -0.497 e. The number of halogens is 3. The SMILES string of the molecule is CCNC(=NCc1cc(OC)ccc1OC(F)F)NCCNC(=O)OC(C)(C)C.I. The molecule has 0 aliphatic rings. The van der Waals surface area contributed by atoms with E-state index in [1.807, 2.05) is 6.92 Å². The molecule has 0 aliphatic heterocycles. The van der Waals surface area contributed by atoms with Crippen LogP contribution in [0.15, 0.2) is 23.2 Å². The number of aliphatic imine (C=N–C) groups is 1. The average molecular weight is 544 g/mol. The van der Waals surface area contributed by atoms with Crippen LogP contribution in [0.3, 0.4) is 0 Å². The molecule has 0 heterocycles. The van der Waals surface area contributed by atoms with E-state index in [2.05, 4.69) is 25.7 Å². The van der Waals surface area contributed by atoms with Crippen molar-refractivity contribution in [3.8, 4) is 11.5 Å². The number of ether oxygens (including phenoxy) is 3. The van der Waals surface area contributed by atoms with Crippen molar-refractivity contribution in [2.45, 2.75) is 46.5 Å². The van der Waals surface area contributed by atoms with Gasteiger partial charge in [-0.1, -0.05) is 0 Å². The van der Waals surface area contributed by atoms with Gasteiger partial charge in [0, 0.05) is 25.2 Å². The highest BCUT2D eigenvalue weighted by Crippen LogP contribution is 2.26. The zero-order valence-electron chi connectivity index (χ0n) is 17.9. The highest BCUT2D eigenvalue weighted by molar-refractivity contribution is 14.0. The molecule has 0 saturated carbocycles. The molecule has 0 spiro atoms. The van der Waals surface area contributed by atoms with Crippen LogP contribution in [-0.2, 0) is 11.3 Å². The quantitative estimate of drug-likeness (QED) is 0.191. The van der Waals surface area contributed by atoms with Crippen LogP contribution >= 0.6 is 24.0 Å². The number of guanidine groups is 1. The van der Waals surface area contributed by atoms with Crippen LogP contribution in [0.4, 0.5) is 13.6 Å². The lowest BCUT2D eigenvalue weighted by atomic mass is 10.2. The van der Waals surface area contributed by atoms with Crippen LogP contribution < -0.4 is 25.4 Å². The Bertz CT molecular complexity index is 685. The van der Waals surface area contributed by atoms with E-state index in [4.69, 9.17) is 9.47 Å². The van der Waals surface area contributed by atoms with Crippen LogP contribution in [0.25, 0.3) is 0 Å². The molecule has 0 aliphatic carbocycles. The number of amides is 1. The molecule has 8 nitrogen and oxygen atoms in total. The Hall–Kier alpha value is -2.05. The zero-order valence-corrected chi connectivity index (χ0v) is 20.2. The van der Waals surface area contributed by atoms with E-state index in [-0.39, 0.29) is 36.3 Å². The monoisotopic (exact) mass is 544 g/mol. The maximum atomic E-state index is 12.6. The van der Waals surface area contributed by atoms with Gasteiger partial charge in [0.2, 0.25) is 0 Å². The van der Waals surface area contributed by atoms with E-state index in [1.165, 1.54) is 19.2 Å². The summed E-state index contributed by atoms with van der Waals surface area (Å²) < 4.78 is 40.1. The lowest BCUT2D eigenvalue weighted by Gasteiger charge is -2.20. The molecule has 0 atom stereocenters. The van der Waals surface area contributed by atoms with E-state index < -0.39 is 18.3 Å². The van der Waals surface area contributed by atoms with E-state index in [0.29, 0.717) is 36.9 Å². The highest BCUT2D eigenvalue weighted by atomic mass is 127. The van der Waals surface area contributed by atoms with Gasteiger partial charge in [0.25, 0.3) is 0 Å². The van der Waals surface area contributed by atoms with Gasteiger partial charge < -0.3 is 30.2 Å². The van der Waals surface area contributed by atoms with E-state index >= 15 is 0 Å². The number of rotatable bonds is 9. The van der Waals surface area contributed by atoms with E-state index in [0.717, 1.165) is 0 Å². The fourth-order valence-corrected chi connectivity index (χ4v) is 2.18. The average Bonchev–Trinajstić information content (AvgIpc) is 2.62. The molecular weight excluding hydrogens is 513 g/mol. The van der Waals surface area contributed by atoms with Gasteiger partial charge in [0.05, 0.1) is 13.7 Å². The summed E-state index contributed by atoms with van der Waals surface area (Å²) in [4.78, 5) is 16.0. The third kappa shape index (κ3) is 11.8. The van der Waals surface area contributed by atoms with Gasteiger partial charge in [0.15, 0.2) is 5.96 Å². The molecule has 30 heavy (non-hydrogen) atoms. The molecule has 1 amide bonds. The van der Waals surface area contributed by atoms with Crippen LogP contribution in [0.1, 0.15) is 33.3 Å². The van der Waals surface area contributed by atoms with Crippen molar-refractivity contribution in [1.82, 2.24) is 16.0 Å². The third-order valence-corrected chi connectivity index (χ3v) is 3.32. The van der Waals surface area contributed by atoms with Crippen LogP contribution in [-0.4, -0.2) is 51.0 Å². The number of methoxy groups -OCH3 is 1. The zero-order chi connectivity index (χ0) is 21.9. The number of hydrogen-bond donors (Lipinski definition) is 3. The predicted molar refractivity (Wildman–Crippen MR) is 122 cm³/mol. The molecule has 0 saturated heterocycles. The standard InChI is InChI=1S/C19H30F2N4O4.HI/c1-6-22-17(23-9-10-24-18(26)29-19(2,3)4)25-12-13-11-14(27-5)7-8-15(13)28-16(20)21;/h7-8,11,16H,6,9-10,12H2,1-5H3,(H,24,26)(H2,22,23,25);1H. The second-order valence-electron chi connectivity index (χ2n) is 6.90. The van der Waals surface area contributed by atoms with Crippen molar-refractivity contribution in [2.75, 3.05) is 26.7 Å². The first-order valence-corrected chi connectivity index (χ1v) is 9.25. The van der Waals surface area contributed by atoms with Gasteiger partial charge in [-0.2, -0.15) is 8.78 Å². The Morgan fingerprint density at radius 2 is 1.83 bits per heavy atom. The molecule has 0 aromatic heterocycles. The van der Waals surface area contributed by atoms with Gasteiger partial charge in [-0.3, -0.25) is 0 Å². The molecule has 0 unspecified atom stereocenters.